The number of carbonyl (C=O) groups excluding carboxylic acids is 1. The molecule has 0 bridgehead atoms. The van der Waals surface area contributed by atoms with E-state index in [9.17, 15) is 4.79 Å². The highest BCUT2D eigenvalue weighted by Gasteiger charge is 2.13. The molecule has 0 spiro atoms. The first-order valence-corrected chi connectivity index (χ1v) is 9.76. The number of benzene rings is 3. The Morgan fingerprint density at radius 3 is 2.55 bits per heavy atom. The summed E-state index contributed by atoms with van der Waals surface area (Å²) >= 11 is 6.05. The van der Waals surface area contributed by atoms with E-state index < -0.39 is 0 Å². The van der Waals surface area contributed by atoms with Crippen molar-refractivity contribution in [2.24, 2.45) is 0 Å². The molecule has 3 aromatic carbocycles. The molecule has 0 aliphatic heterocycles. The molecule has 0 saturated heterocycles. The van der Waals surface area contributed by atoms with Gasteiger partial charge in [0, 0.05) is 11.1 Å². The van der Waals surface area contributed by atoms with Crippen LogP contribution in [0.1, 0.15) is 0 Å². The molecule has 31 heavy (non-hydrogen) atoms. The van der Waals surface area contributed by atoms with Crippen LogP contribution in [0, 0.1) is 0 Å². The van der Waals surface area contributed by atoms with Gasteiger partial charge in [-0.3, -0.25) is 4.79 Å². The molecule has 4 aromatic rings. The summed E-state index contributed by atoms with van der Waals surface area (Å²) in [7, 11) is 1.60. The Morgan fingerprint density at radius 1 is 1.00 bits per heavy atom. The van der Waals surface area contributed by atoms with Gasteiger partial charge >= 0.3 is 0 Å². The lowest BCUT2D eigenvalue weighted by Crippen LogP contribution is -2.20. The first-order chi connectivity index (χ1) is 15.1. The minimum atomic E-state index is -0.321. The van der Waals surface area contributed by atoms with Crippen molar-refractivity contribution in [2.75, 3.05) is 19.0 Å². The number of ether oxygens (including phenoxy) is 2. The zero-order valence-corrected chi connectivity index (χ0v) is 17.3. The van der Waals surface area contributed by atoms with Crippen LogP contribution in [0.5, 0.6) is 11.5 Å². The number of hydrogen-bond acceptors (Lipinski definition) is 6. The molecule has 1 amide bonds. The molecule has 4 rings (SSSR count). The number of halogens is 1. The second kappa shape index (κ2) is 9.32. The van der Waals surface area contributed by atoms with E-state index in [1.807, 2.05) is 30.3 Å². The molecule has 0 atom stereocenters. The van der Waals surface area contributed by atoms with Crippen LogP contribution in [-0.2, 0) is 4.79 Å². The van der Waals surface area contributed by atoms with Crippen LogP contribution in [0.25, 0.3) is 22.8 Å². The Balaban J connectivity index is 1.43. The fourth-order valence-corrected chi connectivity index (χ4v) is 3.02. The average Bonchev–Trinajstić information content (AvgIpc) is 3.30. The summed E-state index contributed by atoms with van der Waals surface area (Å²) in [6, 6.07) is 21.5. The first-order valence-electron chi connectivity index (χ1n) is 9.38. The zero-order chi connectivity index (χ0) is 21.6. The van der Waals surface area contributed by atoms with Gasteiger partial charge in [0.2, 0.25) is 5.82 Å². The van der Waals surface area contributed by atoms with Crippen molar-refractivity contribution in [2.45, 2.75) is 0 Å². The Bertz CT molecular complexity index is 1210. The van der Waals surface area contributed by atoms with Gasteiger partial charge < -0.3 is 19.3 Å². The Kier molecular flexibility index (Phi) is 6.14. The Hall–Kier alpha value is -3.84. The van der Waals surface area contributed by atoms with Crippen molar-refractivity contribution in [3.05, 3.63) is 77.8 Å². The smallest absolute Gasteiger partial charge is 0.262 e. The van der Waals surface area contributed by atoms with E-state index in [1.54, 1.807) is 49.6 Å². The summed E-state index contributed by atoms with van der Waals surface area (Å²) in [5, 5.41) is 7.22. The summed E-state index contributed by atoms with van der Waals surface area (Å²) in [6.07, 6.45) is 0. The number of methoxy groups -OCH3 is 1. The second-order valence-electron chi connectivity index (χ2n) is 6.50. The minimum absolute atomic E-state index is 0.171. The van der Waals surface area contributed by atoms with Crippen LogP contribution in [0.2, 0.25) is 5.02 Å². The summed E-state index contributed by atoms with van der Waals surface area (Å²) in [5.74, 6) is 1.66. The zero-order valence-electron chi connectivity index (χ0n) is 16.5. The van der Waals surface area contributed by atoms with E-state index in [0.717, 1.165) is 5.56 Å². The number of para-hydroxylation sites is 1. The fraction of sp³-hybridized carbons (Fsp3) is 0.0870. The van der Waals surface area contributed by atoms with Crippen LogP contribution in [0.15, 0.2) is 77.3 Å². The molecule has 0 fully saturated rings. The van der Waals surface area contributed by atoms with Gasteiger partial charge in [-0.25, -0.2) is 0 Å². The van der Waals surface area contributed by atoms with Crippen molar-refractivity contribution < 1.29 is 18.8 Å². The molecule has 1 heterocycles. The molecule has 1 N–H and O–H groups in total. The number of hydrogen-bond donors (Lipinski definition) is 1. The molecule has 0 radical (unpaired) electrons. The first kappa shape index (κ1) is 20.4. The van der Waals surface area contributed by atoms with Crippen LogP contribution in [0.4, 0.5) is 5.69 Å². The average molecular weight is 436 g/mol. The predicted molar refractivity (Wildman–Crippen MR) is 117 cm³/mol. The number of nitrogens with zero attached hydrogens (tertiary/aromatic N) is 2. The largest absolute Gasteiger partial charge is 0.497 e. The maximum absolute atomic E-state index is 12.2. The van der Waals surface area contributed by atoms with E-state index in [2.05, 4.69) is 15.5 Å². The van der Waals surface area contributed by atoms with Crippen molar-refractivity contribution in [3.63, 3.8) is 0 Å². The molecule has 0 saturated carbocycles. The monoisotopic (exact) mass is 435 g/mol. The standard InChI is InChI=1S/C23H18ClN3O4/c1-29-17-8-5-7-16(13-17)23-26-22(27-31-23)15-6-4-9-18(12-15)30-14-21(28)25-20-11-3-2-10-19(20)24/h2-13H,14H2,1H3,(H,25,28). The molecule has 8 heteroatoms. The van der Waals surface area contributed by atoms with Crippen molar-refractivity contribution in [3.8, 4) is 34.3 Å². The Morgan fingerprint density at radius 2 is 1.74 bits per heavy atom. The predicted octanol–water partition coefficient (Wildman–Crippen LogP) is 5.08. The number of carbonyl (C=O) groups is 1. The van der Waals surface area contributed by atoms with E-state index in [-0.39, 0.29) is 12.5 Å². The van der Waals surface area contributed by atoms with Crippen LogP contribution in [-0.4, -0.2) is 29.8 Å². The quantitative estimate of drug-likeness (QED) is 0.435. The third-order valence-electron chi connectivity index (χ3n) is 4.35. The number of amides is 1. The lowest BCUT2D eigenvalue weighted by atomic mass is 10.2. The maximum atomic E-state index is 12.2. The van der Waals surface area contributed by atoms with Gasteiger partial charge in [-0.05, 0) is 42.5 Å². The van der Waals surface area contributed by atoms with E-state index in [4.69, 9.17) is 25.6 Å². The van der Waals surface area contributed by atoms with Gasteiger partial charge in [-0.15, -0.1) is 0 Å². The normalized spacial score (nSPS) is 10.5. The third kappa shape index (κ3) is 5.02. The van der Waals surface area contributed by atoms with Crippen LogP contribution < -0.4 is 14.8 Å². The van der Waals surface area contributed by atoms with Gasteiger partial charge in [0.1, 0.15) is 11.5 Å². The van der Waals surface area contributed by atoms with Crippen LogP contribution >= 0.6 is 11.6 Å². The highest BCUT2D eigenvalue weighted by Crippen LogP contribution is 2.27. The Labute approximate surface area is 183 Å². The molecular formula is C23H18ClN3O4. The van der Waals surface area contributed by atoms with E-state index in [1.165, 1.54) is 0 Å². The topological polar surface area (TPSA) is 86.5 Å². The fourth-order valence-electron chi connectivity index (χ4n) is 2.84. The third-order valence-corrected chi connectivity index (χ3v) is 4.68. The summed E-state index contributed by atoms with van der Waals surface area (Å²) < 4.78 is 16.2. The summed E-state index contributed by atoms with van der Waals surface area (Å²) in [4.78, 5) is 16.6. The SMILES string of the molecule is COc1cccc(-c2nc(-c3cccc(OCC(=O)Nc4ccccc4Cl)c3)no2)c1. The number of aromatic nitrogens is 2. The number of rotatable bonds is 7. The second-order valence-corrected chi connectivity index (χ2v) is 6.91. The van der Waals surface area contributed by atoms with Crippen molar-refractivity contribution in [1.82, 2.24) is 10.1 Å². The van der Waals surface area contributed by atoms with Gasteiger partial charge in [0.25, 0.3) is 11.8 Å². The van der Waals surface area contributed by atoms with Gasteiger partial charge in [-0.2, -0.15) is 4.98 Å². The lowest BCUT2D eigenvalue weighted by Gasteiger charge is -2.09. The molecule has 1 aromatic heterocycles. The van der Waals surface area contributed by atoms with Gasteiger partial charge in [0.15, 0.2) is 6.61 Å². The van der Waals surface area contributed by atoms with Crippen molar-refractivity contribution in [1.29, 1.82) is 0 Å². The summed E-state index contributed by atoms with van der Waals surface area (Å²) in [5.41, 5.74) is 1.98. The van der Waals surface area contributed by atoms with Crippen LogP contribution in [0.3, 0.4) is 0 Å². The molecule has 0 aliphatic rings. The highest BCUT2D eigenvalue weighted by molar-refractivity contribution is 6.33. The van der Waals surface area contributed by atoms with Crippen molar-refractivity contribution >= 4 is 23.2 Å². The molecule has 156 valence electrons. The highest BCUT2D eigenvalue weighted by atomic mass is 35.5. The maximum Gasteiger partial charge on any atom is 0.262 e. The lowest BCUT2D eigenvalue weighted by molar-refractivity contribution is -0.118. The number of anilines is 1. The molecular weight excluding hydrogens is 418 g/mol. The number of nitrogens with one attached hydrogen (secondary N) is 1. The molecule has 7 nitrogen and oxygen atoms in total. The van der Waals surface area contributed by atoms with E-state index >= 15 is 0 Å². The minimum Gasteiger partial charge on any atom is -0.497 e. The van der Waals surface area contributed by atoms with Gasteiger partial charge in [-0.1, -0.05) is 47.1 Å². The molecule has 0 aliphatic carbocycles. The van der Waals surface area contributed by atoms with E-state index in [0.29, 0.717) is 39.5 Å². The molecule has 0 unspecified atom stereocenters. The van der Waals surface area contributed by atoms with Gasteiger partial charge in [0.05, 0.1) is 17.8 Å². The summed E-state index contributed by atoms with van der Waals surface area (Å²) in [6.45, 7) is -0.171.